The third-order valence-corrected chi connectivity index (χ3v) is 5.50. The van der Waals surface area contributed by atoms with E-state index in [0.717, 1.165) is 37.7 Å². The van der Waals surface area contributed by atoms with E-state index in [0.29, 0.717) is 11.6 Å². The fourth-order valence-electron chi connectivity index (χ4n) is 3.56. The molecule has 1 fully saturated rings. The van der Waals surface area contributed by atoms with Crippen molar-refractivity contribution in [3.63, 3.8) is 0 Å². The Hall–Kier alpha value is -2.60. The predicted molar refractivity (Wildman–Crippen MR) is 110 cm³/mol. The number of nitrogens with zero attached hydrogens (tertiary/aromatic N) is 1. The van der Waals surface area contributed by atoms with E-state index in [2.05, 4.69) is 0 Å². The van der Waals surface area contributed by atoms with Crippen LogP contribution in [0.2, 0.25) is 5.02 Å². The molecule has 1 saturated carbocycles. The highest BCUT2D eigenvalue weighted by molar-refractivity contribution is 6.33. The van der Waals surface area contributed by atoms with E-state index in [1.807, 2.05) is 0 Å². The number of nitrogen functional groups attached to an aromatic ring is 1. The van der Waals surface area contributed by atoms with E-state index in [4.69, 9.17) is 22.1 Å². The maximum atomic E-state index is 13.2. The maximum Gasteiger partial charge on any atom is 0.338 e. The van der Waals surface area contributed by atoms with Crippen molar-refractivity contribution in [2.45, 2.75) is 44.7 Å². The summed E-state index contributed by atoms with van der Waals surface area (Å²) in [5, 5.41) is 0.348. The summed E-state index contributed by atoms with van der Waals surface area (Å²) < 4.78 is 18.4. The molecule has 1 aliphatic rings. The van der Waals surface area contributed by atoms with Gasteiger partial charge in [0, 0.05) is 12.6 Å². The Morgan fingerprint density at radius 1 is 1.10 bits per heavy atom. The Kier molecular flexibility index (Phi) is 7.09. The van der Waals surface area contributed by atoms with E-state index in [1.165, 1.54) is 30.3 Å². The Morgan fingerprint density at radius 2 is 1.79 bits per heavy atom. The van der Waals surface area contributed by atoms with Crippen LogP contribution in [0.1, 0.15) is 48.0 Å². The molecule has 2 aromatic rings. The predicted octanol–water partition coefficient (Wildman–Crippen LogP) is 4.58. The van der Waals surface area contributed by atoms with Crippen molar-refractivity contribution in [3.8, 4) is 0 Å². The van der Waals surface area contributed by atoms with Gasteiger partial charge in [0.1, 0.15) is 5.82 Å². The van der Waals surface area contributed by atoms with Gasteiger partial charge in [-0.2, -0.15) is 0 Å². The second-order valence-electron chi connectivity index (χ2n) is 7.25. The maximum absolute atomic E-state index is 13.2. The molecule has 0 atom stereocenters. The molecule has 1 amide bonds. The van der Waals surface area contributed by atoms with Gasteiger partial charge >= 0.3 is 5.97 Å². The zero-order valence-electron chi connectivity index (χ0n) is 16.1. The topological polar surface area (TPSA) is 72.6 Å². The Balaban J connectivity index is 1.67. The number of amides is 1. The summed E-state index contributed by atoms with van der Waals surface area (Å²) in [6.07, 6.45) is 5.09. The van der Waals surface area contributed by atoms with E-state index in [9.17, 15) is 14.0 Å². The zero-order chi connectivity index (χ0) is 20.8. The molecule has 2 N–H and O–H groups in total. The number of hydrogen-bond acceptors (Lipinski definition) is 4. The first-order chi connectivity index (χ1) is 13.9. The van der Waals surface area contributed by atoms with Crippen molar-refractivity contribution in [2.75, 3.05) is 12.3 Å². The van der Waals surface area contributed by atoms with Crippen molar-refractivity contribution in [2.24, 2.45) is 0 Å². The average Bonchev–Trinajstić information content (AvgIpc) is 2.74. The molecule has 1 aliphatic carbocycles. The summed E-state index contributed by atoms with van der Waals surface area (Å²) in [5.74, 6) is -1.22. The van der Waals surface area contributed by atoms with Crippen LogP contribution in [-0.2, 0) is 16.1 Å². The summed E-state index contributed by atoms with van der Waals surface area (Å²) in [4.78, 5) is 26.9. The van der Waals surface area contributed by atoms with Gasteiger partial charge in [-0.1, -0.05) is 43.0 Å². The van der Waals surface area contributed by atoms with Gasteiger partial charge in [0.15, 0.2) is 6.61 Å². The number of nitrogens with two attached hydrogens (primary N) is 1. The molecular weight excluding hydrogens is 395 g/mol. The van der Waals surface area contributed by atoms with Crippen LogP contribution in [0, 0.1) is 5.82 Å². The molecule has 0 unspecified atom stereocenters. The van der Waals surface area contributed by atoms with Gasteiger partial charge in [-0.25, -0.2) is 9.18 Å². The summed E-state index contributed by atoms with van der Waals surface area (Å²) in [7, 11) is 0. The molecule has 2 aromatic carbocycles. The number of carbonyl (C=O) groups excluding carboxylic acids is 2. The molecule has 154 valence electrons. The highest BCUT2D eigenvalue weighted by Crippen LogP contribution is 2.25. The van der Waals surface area contributed by atoms with Crippen LogP contribution in [0.25, 0.3) is 0 Å². The number of ether oxygens (including phenoxy) is 1. The molecule has 0 aliphatic heterocycles. The summed E-state index contributed by atoms with van der Waals surface area (Å²) >= 11 is 5.87. The molecular formula is C22H24ClFN2O3. The molecule has 0 aromatic heterocycles. The largest absolute Gasteiger partial charge is 0.452 e. The van der Waals surface area contributed by atoms with Gasteiger partial charge in [0.25, 0.3) is 5.91 Å². The van der Waals surface area contributed by atoms with Gasteiger partial charge in [0.2, 0.25) is 0 Å². The zero-order valence-corrected chi connectivity index (χ0v) is 16.8. The third-order valence-electron chi connectivity index (χ3n) is 5.16. The van der Waals surface area contributed by atoms with E-state index >= 15 is 0 Å². The number of benzene rings is 2. The average molecular weight is 419 g/mol. The molecule has 3 rings (SSSR count). The number of esters is 1. The van der Waals surface area contributed by atoms with Gasteiger partial charge in [-0.05, 0) is 48.7 Å². The second-order valence-corrected chi connectivity index (χ2v) is 7.66. The molecule has 29 heavy (non-hydrogen) atoms. The molecule has 0 saturated heterocycles. The van der Waals surface area contributed by atoms with E-state index in [1.54, 1.807) is 17.0 Å². The lowest BCUT2D eigenvalue weighted by Crippen LogP contribution is -2.43. The summed E-state index contributed by atoms with van der Waals surface area (Å²) in [6, 6.07) is 10.6. The van der Waals surface area contributed by atoms with E-state index < -0.39 is 5.97 Å². The molecule has 7 heteroatoms. The normalized spacial score (nSPS) is 14.4. The quantitative estimate of drug-likeness (QED) is 0.550. The van der Waals surface area contributed by atoms with Gasteiger partial charge in [-0.15, -0.1) is 0 Å². The van der Waals surface area contributed by atoms with Crippen molar-refractivity contribution in [1.29, 1.82) is 0 Å². The Labute approximate surface area is 174 Å². The van der Waals surface area contributed by atoms with E-state index in [-0.39, 0.29) is 35.6 Å². The first-order valence-electron chi connectivity index (χ1n) is 9.70. The number of carbonyl (C=O) groups is 2. The standard InChI is InChI=1S/C22H24ClFN2O3/c23-19-11-8-16(12-20(19)25)22(28)29-14-21(27)26(18-4-2-1-3-5-18)13-15-6-9-17(24)10-7-15/h6-12,18H,1-5,13-14,25H2. The second kappa shape index (κ2) is 9.74. The lowest BCUT2D eigenvalue weighted by Gasteiger charge is -2.34. The van der Waals surface area contributed by atoms with Crippen LogP contribution in [0.5, 0.6) is 0 Å². The SMILES string of the molecule is Nc1cc(C(=O)OCC(=O)N(Cc2ccc(F)cc2)C2CCCCC2)ccc1Cl. The number of hydrogen-bond donors (Lipinski definition) is 1. The van der Waals surface area contributed by atoms with Crippen LogP contribution in [0.3, 0.4) is 0 Å². The van der Waals surface area contributed by atoms with Gasteiger partial charge < -0.3 is 15.4 Å². The monoisotopic (exact) mass is 418 g/mol. The summed E-state index contributed by atoms with van der Waals surface area (Å²) in [5.41, 5.74) is 7.06. The molecule has 0 bridgehead atoms. The molecule has 0 spiro atoms. The smallest absolute Gasteiger partial charge is 0.338 e. The minimum absolute atomic E-state index is 0.0891. The van der Waals surface area contributed by atoms with Crippen LogP contribution >= 0.6 is 11.6 Å². The van der Waals surface area contributed by atoms with Crippen LogP contribution in [0.15, 0.2) is 42.5 Å². The van der Waals surface area contributed by atoms with Crippen molar-refractivity contribution in [3.05, 3.63) is 64.4 Å². The fourth-order valence-corrected chi connectivity index (χ4v) is 3.68. The lowest BCUT2D eigenvalue weighted by molar-refractivity contribution is -0.138. The fraction of sp³-hybridized carbons (Fsp3) is 0.364. The molecule has 0 heterocycles. The van der Waals surface area contributed by atoms with Gasteiger partial charge in [0.05, 0.1) is 16.3 Å². The molecule has 5 nitrogen and oxygen atoms in total. The first kappa shape index (κ1) is 21.1. The van der Waals surface area contributed by atoms with Crippen molar-refractivity contribution < 1.29 is 18.7 Å². The number of anilines is 1. The minimum atomic E-state index is -0.632. The van der Waals surface area contributed by atoms with Crippen molar-refractivity contribution >= 4 is 29.2 Å². The number of rotatable bonds is 6. The highest BCUT2D eigenvalue weighted by atomic mass is 35.5. The Bertz CT molecular complexity index is 867. The van der Waals surface area contributed by atoms with Crippen molar-refractivity contribution in [1.82, 2.24) is 4.90 Å². The Morgan fingerprint density at radius 3 is 2.45 bits per heavy atom. The van der Waals surface area contributed by atoms with Crippen LogP contribution in [0.4, 0.5) is 10.1 Å². The van der Waals surface area contributed by atoms with Crippen LogP contribution < -0.4 is 5.73 Å². The summed E-state index contributed by atoms with van der Waals surface area (Å²) in [6.45, 7) is -0.00567. The minimum Gasteiger partial charge on any atom is -0.452 e. The van der Waals surface area contributed by atoms with Gasteiger partial charge in [-0.3, -0.25) is 4.79 Å². The highest BCUT2D eigenvalue weighted by Gasteiger charge is 2.26. The third kappa shape index (κ3) is 5.70. The lowest BCUT2D eigenvalue weighted by atomic mass is 9.93. The molecule has 0 radical (unpaired) electrons. The van der Waals surface area contributed by atoms with Crippen LogP contribution in [-0.4, -0.2) is 29.4 Å². The first-order valence-corrected chi connectivity index (χ1v) is 10.1. The number of halogens is 2.